The number of carbonyl (C=O) groups excluding carboxylic acids is 3. The van der Waals surface area contributed by atoms with Crippen molar-refractivity contribution in [3.63, 3.8) is 0 Å². The Kier molecular flexibility index (Phi) is 9.33. The fourth-order valence-corrected chi connectivity index (χ4v) is 2.20. The number of carbonyl (C=O) groups is 3. The predicted octanol–water partition coefficient (Wildman–Crippen LogP) is 3.35. The Bertz CT molecular complexity index is 638. The van der Waals surface area contributed by atoms with Crippen LogP contribution in [0.5, 0.6) is 0 Å². The molecule has 0 fully saturated rings. The average Bonchev–Trinajstić information content (AvgIpc) is 2.56. The highest BCUT2D eigenvalue weighted by Crippen LogP contribution is 2.11. The number of amides is 3. The zero-order chi connectivity index (χ0) is 20.3. The van der Waals surface area contributed by atoms with E-state index in [1.807, 2.05) is 25.1 Å². The Morgan fingerprint density at radius 1 is 1.04 bits per heavy atom. The first-order valence-electron chi connectivity index (χ1n) is 9.32. The van der Waals surface area contributed by atoms with Crippen molar-refractivity contribution in [2.24, 2.45) is 0 Å². The lowest BCUT2D eigenvalue weighted by Gasteiger charge is -2.19. The van der Waals surface area contributed by atoms with E-state index in [9.17, 15) is 14.4 Å². The van der Waals surface area contributed by atoms with Gasteiger partial charge in [-0.1, -0.05) is 25.5 Å². The number of nitrogens with one attached hydrogen (secondary N) is 3. The Hall–Kier alpha value is -2.57. The molecule has 7 heteroatoms. The Morgan fingerprint density at radius 3 is 2.44 bits per heavy atom. The molecule has 7 nitrogen and oxygen atoms in total. The molecule has 0 radical (unpaired) electrons. The fourth-order valence-electron chi connectivity index (χ4n) is 2.20. The van der Waals surface area contributed by atoms with E-state index in [1.165, 1.54) is 0 Å². The van der Waals surface area contributed by atoms with E-state index in [-0.39, 0.29) is 24.8 Å². The first-order valence-corrected chi connectivity index (χ1v) is 9.32. The number of hydrogen-bond donors (Lipinski definition) is 3. The number of ether oxygens (including phenoxy) is 1. The smallest absolute Gasteiger partial charge is 0.407 e. The third-order valence-electron chi connectivity index (χ3n) is 3.48. The number of unbranched alkanes of at least 4 members (excludes halogenated alkanes) is 1. The van der Waals surface area contributed by atoms with E-state index in [2.05, 4.69) is 16.0 Å². The van der Waals surface area contributed by atoms with Gasteiger partial charge in [-0.3, -0.25) is 9.59 Å². The lowest BCUT2D eigenvalue weighted by Crippen LogP contribution is -2.34. The van der Waals surface area contributed by atoms with Gasteiger partial charge in [-0.15, -0.1) is 0 Å². The Morgan fingerprint density at radius 2 is 1.78 bits per heavy atom. The zero-order valence-corrected chi connectivity index (χ0v) is 16.7. The van der Waals surface area contributed by atoms with E-state index in [4.69, 9.17) is 4.74 Å². The van der Waals surface area contributed by atoms with Gasteiger partial charge < -0.3 is 20.7 Å². The second kappa shape index (κ2) is 11.2. The summed E-state index contributed by atoms with van der Waals surface area (Å²) in [5, 5.41) is 8.20. The third kappa shape index (κ3) is 10.9. The van der Waals surface area contributed by atoms with Crippen molar-refractivity contribution in [2.45, 2.75) is 65.5 Å². The summed E-state index contributed by atoms with van der Waals surface area (Å²) in [4.78, 5) is 35.2. The number of rotatable bonds is 9. The van der Waals surface area contributed by atoms with Gasteiger partial charge in [0.25, 0.3) is 0 Å². The summed E-state index contributed by atoms with van der Waals surface area (Å²) in [5.74, 6) is -0.185. The highest BCUT2D eigenvalue weighted by atomic mass is 16.6. The molecule has 0 spiro atoms. The maximum absolute atomic E-state index is 12.0. The van der Waals surface area contributed by atoms with Crippen LogP contribution in [0, 0.1) is 0 Å². The first kappa shape index (κ1) is 22.5. The zero-order valence-electron chi connectivity index (χ0n) is 16.7. The van der Waals surface area contributed by atoms with E-state index in [1.54, 1.807) is 26.8 Å². The number of benzene rings is 1. The summed E-state index contributed by atoms with van der Waals surface area (Å²) < 4.78 is 5.11. The number of hydrogen-bond acceptors (Lipinski definition) is 4. The van der Waals surface area contributed by atoms with Crippen LogP contribution < -0.4 is 16.0 Å². The summed E-state index contributed by atoms with van der Waals surface area (Å²) in [6.45, 7) is 7.98. The molecule has 0 heterocycles. The SMILES string of the molecule is CCCCC(=O)NCc1cccc(NC(=O)CCNC(=O)OC(C)(C)C)c1. The third-order valence-corrected chi connectivity index (χ3v) is 3.48. The molecule has 0 bridgehead atoms. The minimum absolute atomic E-state index is 0.0273. The molecule has 150 valence electrons. The number of alkyl carbamates (subject to hydrolysis) is 1. The minimum Gasteiger partial charge on any atom is -0.444 e. The van der Waals surface area contributed by atoms with Gasteiger partial charge in [0.05, 0.1) is 0 Å². The molecule has 0 unspecified atom stereocenters. The molecule has 0 saturated heterocycles. The van der Waals surface area contributed by atoms with E-state index >= 15 is 0 Å². The summed E-state index contributed by atoms with van der Waals surface area (Å²) in [5.41, 5.74) is 0.987. The second-order valence-corrected chi connectivity index (χ2v) is 7.31. The van der Waals surface area contributed by atoms with Crippen LogP contribution in [-0.2, 0) is 20.9 Å². The lowest BCUT2D eigenvalue weighted by molar-refractivity contribution is -0.121. The van der Waals surface area contributed by atoms with Crippen LogP contribution in [0.25, 0.3) is 0 Å². The Labute approximate surface area is 161 Å². The van der Waals surface area contributed by atoms with E-state index in [0.29, 0.717) is 18.7 Å². The molecule has 0 aliphatic carbocycles. The molecule has 0 saturated carbocycles. The fraction of sp³-hybridized carbons (Fsp3) is 0.550. The van der Waals surface area contributed by atoms with Gasteiger partial charge in [0.2, 0.25) is 11.8 Å². The van der Waals surface area contributed by atoms with Crippen molar-refractivity contribution in [3.8, 4) is 0 Å². The Balaban J connectivity index is 2.38. The van der Waals surface area contributed by atoms with Crippen LogP contribution in [0.1, 0.15) is 58.9 Å². The van der Waals surface area contributed by atoms with Crippen LogP contribution in [0.15, 0.2) is 24.3 Å². The van der Waals surface area contributed by atoms with Crippen molar-refractivity contribution < 1.29 is 19.1 Å². The van der Waals surface area contributed by atoms with Crippen molar-refractivity contribution in [1.29, 1.82) is 0 Å². The van der Waals surface area contributed by atoms with Crippen molar-refractivity contribution in [3.05, 3.63) is 29.8 Å². The van der Waals surface area contributed by atoms with Crippen LogP contribution in [-0.4, -0.2) is 30.1 Å². The highest BCUT2D eigenvalue weighted by Gasteiger charge is 2.15. The maximum atomic E-state index is 12.0. The summed E-state index contributed by atoms with van der Waals surface area (Å²) in [6, 6.07) is 7.31. The predicted molar refractivity (Wildman–Crippen MR) is 105 cm³/mol. The van der Waals surface area contributed by atoms with Crippen molar-refractivity contribution in [1.82, 2.24) is 10.6 Å². The molecule has 1 aromatic carbocycles. The van der Waals surface area contributed by atoms with E-state index in [0.717, 1.165) is 18.4 Å². The largest absolute Gasteiger partial charge is 0.444 e. The lowest BCUT2D eigenvalue weighted by atomic mass is 10.2. The normalized spacial score (nSPS) is 10.8. The topological polar surface area (TPSA) is 96.5 Å². The molecule has 27 heavy (non-hydrogen) atoms. The summed E-state index contributed by atoms with van der Waals surface area (Å²) in [7, 11) is 0. The maximum Gasteiger partial charge on any atom is 0.407 e. The highest BCUT2D eigenvalue weighted by molar-refractivity contribution is 5.91. The molecular formula is C20H31N3O4. The van der Waals surface area contributed by atoms with Crippen molar-refractivity contribution >= 4 is 23.6 Å². The standard InChI is InChI=1S/C20H31N3O4/c1-5-6-10-17(24)22-14-15-8-7-9-16(13-15)23-18(25)11-12-21-19(26)27-20(2,3)4/h7-9,13H,5-6,10-12,14H2,1-4H3,(H,21,26)(H,22,24)(H,23,25). The van der Waals surface area contributed by atoms with Crippen LogP contribution in [0.2, 0.25) is 0 Å². The van der Waals surface area contributed by atoms with Gasteiger partial charge in [0, 0.05) is 31.6 Å². The molecule has 1 aromatic rings. The molecular weight excluding hydrogens is 346 g/mol. The monoisotopic (exact) mass is 377 g/mol. The molecule has 3 N–H and O–H groups in total. The van der Waals surface area contributed by atoms with Gasteiger partial charge in [-0.25, -0.2) is 4.79 Å². The first-order chi connectivity index (χ1) is 12.7. The van der Waals surface area contributed by atoms with E-state index < -0.39 is 11.7 Å². The minimum atomic E-state index is -0.571. The summed E-state index contributed by atoms with van der Waals surface area (Å²) >= 11 is 0. The quantitative estimate of drug-likeness (QED) is 0.615. The van der Waals surface area contributed by atoms with Gasteiger partial charge in [0.1, 0.15) is 5.60 Å². The molecule has 1 rings (SSSR count). The van der Waals surface area contributed by atoms with Crippen LogP contribution in [0.3, 0.4) is 0 Å². The molecule has 3 amide bonds. The van der Waals surface area contributed by atoms with Gasteiger partial charge in [-0.2, -0.15) is 0 Å². The van der Waals surface area contributed by atoms with Crippen LogP contribution in [0.4, 0.5) is 10.5 Å². The van der Waals surface area contributed by atoms with Crippen molar-refractivity contribution in [2.75, 3.05) is 11.9 Å². The number of anilines is 1. The molecule has 0 aliphatic rings. The molecule has 0 aromatic heterocycles. The second-order valence-electron chi connectivity index (χ2n) is 7.31. The van der Waals surface area contributed by atoms with Gasteiger partial charge in [0.15, 0.2) is 0 Å². The average molecular weight is 377 g/mol. The van der Waals surface area contributed by atoms with Crippen LogP contribution >= 0.6 is 0 Å². The molecule has 0 atom stereocenters. The van der Waals surface area contributed by atoms with Gasteiger partial charge in [-0.05, 0) is 44.9 Å². The summed E-state index contributed by atoms with van der Waals surface area (Å²) in [6.07, 6.45) is 1.97. The molecule has 0 aliphatic heterocycles. The van der Waals surface area contributed by atoms with Gasteiger partial charge >= 0.3 is 6.09 Å².